The molecule has 1 amide bonds. The molecule has 1 aliphatic rings. The Kier molecular flexibility index (Phi) is 7.61. The zero-order valence-corrected chi connectivity index (χ0v) is 17.9. The van der Waals surface area contributed by atoms with Gasteiger partial charge in [-0.25, -0.2) is 0 Å². The van der Waals surface area contributed by atoms with Gasteiger partial charge in [0.1, 0.15) is 0 Å². The van der Waals surface area contributed by atoms with E-state index in [2.05, 4.69) is 45.2 Å². The van der Waals surface area contributed by atoms with Gasteiger partial charge in [-0.2, -0.15) is 0 Å². The van der Waals surface area contributed by atoms with Crippen molar-refractivity contribution in [1.82, 2.24) is 19.7 Å². The number of nitrogens with one attached hydrogen (secondary N) is 1. The summed E-state index contributed by atoms with van der Waals surface area (Å²) in [5.74, 6) is 0.0956. The number of hydrogen-bond donors (Lipinski definition) is 1. The van der Waals surface area contributed by atoms with Crippen molar-refractivity contribution in [2.45, 2.75) is 26.4 Å². The SMILES string of the molecule is CCN1CCc2cccc(NCC(=O)N(CCN(C)C)Cc3ccccn3)c2C1. The number of aromatic nitrogens is 1. The third kappa shape index (κ3) is 6.02. The molecule has 0 saturated heterocycles. The minimum atomic E-state index is 0.0956. The van der Waals surface area contributed by atoms with Gasteiger partial charge in [0.05, 0.1) is 18.8 Å². The molecular formula is C23H33N5O. The van der Waals surface area contributed by atoms with Crippen molar-refractivity contribution < 1.29 is 4.79 Å². The van der Waals surface area contributed by atoms with Crippen molar-refractivity contribution in [3.63, 3.8) is 0 Å². The fourth-order valence-corrected chi connectivity index (χ4v) is 3.65. The van der Waals surface area contributed by atoms with E-state index in [4.69, 9.17) is 0 Å². The highest BCUT2D eigenvalue weighted by Crippen LogP contribution is 2.26. The smallest absolute Gasteiger partial charge is 0.242 e. The minimum absolute atomic E-state index is 0.0956. The second-order valence-electron chi connectivity index (χ2n) is 7.86. The number of anilines is 1. The highest BCUT2D eigenvalue weighted by atomic mass is 16.2. The lowest BCUT2D eigenvalue weighted by Gasteiger charge is -2.30. The Bertz CT molecular complexity index is 793. The third-order valence-electron chi connectivity index (χ3n) is 5.48. The molecule has 0 saturated carbocycles. The third-order valence-corrected chi connectivity index (χ3v) is 5.48. The number of nitrogens with zero attached hydrogens (tertiary/aromatic N) is 4. The van der Waals surface area contributed by atoms with Crippen molar-refractivity contribution in [1.29, 1.82) is 0 Å². The van der Waals surface area contributed by atoms with Crippen LogP contribution < -0.4 is 5.32 Å². The molecule has 1 N–H and O–H groups in total. The van der Waals surface area contributed by atoms with Crippen LogP contribution in [0.4, 0.5) is 5.69 Å². The molecule has 0 aliphatic carbocycles. The van der Waals surface area contributed by atoms with Gasteiger partial charge in [0.15, 0.2) is 0 Å². The second kappa shape index (κ2) is 10.4. The Morgan fingerprint density at radius 2 is 2.03 bits per heavy atom. The summed E-state index contributed by atoms with van der Waals surface area (Å²) in [6.07, 6.45) is 2.85. The van der Waals surface area contributed by atoms with Crippen LogP contribution in [0, 0.1) is 0 Å². The van der Waals surface area contributed by atoms with E-state index in [0.29, 0.717) is 19.6 Å². The van der Waals surface area contributed by atoms with E-state index in [0.717, 1.165) is 44.0 Å². The number of hydrogen-bond acceptors (Lipinski definition) is 5. The van der Waals surface area contributed by atoms with Crippen LogP contribution in [0.25, 0.3) is 0 Å². The maximum Gasteiger partial charge on any atom is 0.242 e. The van der Waals surface area contributed by atoms with E-state index in [1.54, 1.807) is 6.20 Å². The van der Waals surface area contributed by atoms with Gasteiger partial charge in [-0.3, -0.25) is 14.7 Å². The Morgan fingerprint density at radius 1 is 1.17 bits per heavy atom. The van der Waals surface area contributed by atoms with Gasteiger partial charge < -0.3 is 15.1 Å². The van der Waals surface area contributed by atoms with Crippen molar-refractivity contribution in [3.8, 4) is 0 Å². The van der Waals surface area contributed by atoms with E-state index in [9.17, 15) is 4.79 Å². The summed E-state index contributed by atoms with van der Waals surface area (Å²) in [5, 5.41) is 3.42. The second-order valence-corrected chi connectivity index (χ2v) is 7.86. The molecule has 0 fully saturated rings. The van der Waals surface area contributed by atoms with Crippen LogP contribution in [0.1, 0.15) is 23.7 Å². The lowest BCUT2D eigenvalue weighted by Crippen LogP contribution is -2.39. The quantitative estimate of drug-likeness (QED) is 0.707. The van der Waals surface area contributed by atoms with Crippen LogP contribution in [0.5, 0.6) is 0 Å². The van der Waals surface area contributed by atoms with Crippen LogP contribution in [0.15, 0.2) is 42.6 Å². The normalized spacial score (nSPS) is 13.9. The van der Waals surface area contributed by atoms with Gasteiger partial charge in [0.2, 0.25) is 5.91 Å². The maximum atomic E-state index is 13.0. The molecule has 1 aliphatic heterocycles. The fourth-order valence-electron chi connectivity index (χ4n) is 3.65. The first-order valence-corrected chi connectivity index (χ1v) is 10.5. The molecular weight excluding hydrogens is 362 g/mol. The van der Waals surface area contributed by atoms with Crippen LogP contribution in [-0.2, 0) is 24.3 Å². The molecule has 29 heavy (non-hydrogen) atoms. The molecule has 2 heterocycles. The van der Waals surface area contributed by atoms with E-state index in [1.807, 2.05) is 37.2 Å². The summed E-state index contributed by atoms with van der Waals surface area (Å²) in [7, 11) is 4.05. The summed E-state index contributed by atoms with van der Waals surface area (Å²) >= 11 is 0. The molecule has 0 bridgehead atoms. The molecule has 1 aromatic carbocycles. The monoisotopic (exact) mass is 395 g/mol. The molecule has 0 radical (unpaired) electrons. The minimum Gasteiger partial charge on any atom is -0.376 e. The highest BCUT2D eigenvalue weighted by molar-refractivity contribution is 5.81. The number of benzene rings is 1. The Balaban J connectivity index is 1.67. The lowest BCUT2D eigenvalue weighted by molar-refractivity contribution is -0.130. The van der Waals surface area contributed by atoms with Crippen molar-refractivity contribution in [2.75, 3.05) is 52.1 Å². The van der Waals surface area contributed by atoms with Gasteiger partial charge in [-0.15, -0.1) is 0 Å². The number of fused-ring (bicyclic) bond motifs is 1. The Morgan fingerprint density at radius 3 is 2.76 bits per heavy atom. The molecule has 1 aromatic heterocycles. The number of carbonyl (C=O) groups excluding carboxylic acids is 1. The Labute approximate surface area is 174 Å². The first kappa shape index (κ1) is 21.3. The van der Waals surface area contributed by atoms with E-state index < -0.39 is 0 Å². The number of amides is 1. The van der Waals surface area contributed by atoms with Gasteiger partial charge >= 0.3 is 0 Å². The van der Waals surface area contributed by atoms with Crippen LogP contribution in [-0.4, -0.2) is 72.4 Å². The summed E-state index contributed by atoms with van der Waals surface area (Å²) < 4.78 is 0. The highest BCUT2D eigenvalue weighted by Gasteiger charge is 2.19. The summed E-state index contributed by atoms with van der Waals surface area (Å²) in [6.45, 7) is 7.63. The number of pyridine rings is 1. The predicted molar refractivity (Wildman–Crippen MR) is 118 cm³/mol. The van der Waals surface area contributed by atoms with Crippen molar-refractivity contribution >= 4 is 11.6 Å². The zero-order chi connectivity index (χ0) is 20.6. The maximum absolute atomic E-state index is 13.0. The average molecular weight is 396 g/mol. The molecule has 0 spiro atoms. The predicted octanol–water partition coefficient (Wildman–Crippen LogP) is 2.46. The van der Waals surface area contributed by atoms with Gasteiger partial charge in [-0.1, -0.05) is 25.1 Å². The molecule has 6 heteroatoms. The van der Waals surface area contributed by atoms with Gasteiger partial charge in [-0.05, 0) is 56.4 Å². The lowest BCUT2D eigenvalue weighted by atomic mass is 9.98. The van der Waals surface area contributed by atoms with Gasteiger partial charge in [0, 0.05) is 38.1 Å². The largest absolute Gasteiger partial charge is 0.376 e. The number of likely N-dealkylation sites (N-methyl/N-ethyl adjacent to an activating group) is 2. The number of rotatable bonds is 9. The zero-order valence-electron chi connectivity index (χ0n) is 17.9. The van der Waals surface area contributed by atoms with Crippen LogP contribution in [0.3, 0.4) is 0 Å². The molecule has 6 nitrogen and oxygen atoms in total. The summed E-state index contributed by atoms with van der Waals surface area (Å²) in [6, 6.07) is 12.2. The standard InChI is InChI=1S/C23H33N5O/c1-4-27-13-11-19-8-7-10-22(21(19)18-27)25-16-23(29)28(15-14-26(2)3)17-20-9-5-6-12-24-20/h5-10,12,25H,4,11,13-18H2,1-3H3. The summed E-state index contributed by atoms with van der Waals surface area (Å²) in [5.41, 5.74) is 4.72. The topological polar surface area (TPSA) is 51.7 Å². The molecule has 0 unspecified atom stereocenters. The van der Waals surface area contributed by atoms with E-state index >= 15 is 0 Å². The van der Waals surface area contributed by atoms with E-state index in [1.165, 1.54) is 11.1 Å². The molecule has 0 atom stereocenters. The van der Waals surface area contributed by atoms with Crippen LogP contribution in [0.2, 0.25) is 0 Å². The molecule has 3 rings (SSSR count). The Hall–Kier alpha value is -2.44. The van der Waals surface area contributed by atoms with E-state index in [-0.39, 0.29) is 5.91 Å². The molecule has 156 valence electrons. The first-order valence-electron chi connectivity index (χ1n) is 10.5. The van der Waals surface area contributed by atoms with Crippen molar-refractivity contribution in [2.24, 2.45) is 0 Å². The average Bonchev–Trinajstić information content (AvgIpc) is 2.75. The summed E-state index contributed by atoms with van der Waals surface area (Å²) in [4.78, 5) is 23.8. The number of carbonyl (C=O) groups is 1. The van der Waals surface area contributed by atoms with Gasteiger partial charge in [0.25, 0.3) is 0 Å². The van der Waals surface area contributed by atoms with Crippen LogP contribution >= 0.6 is 0 Å². The fraction of sp³-hybridized carbons (Fsp3) is 0.478. The van der Waals surface area contributed by atoms with Crippen molar-refractivity contribution in [3.05, 3.63) is 59.4 Å². The first-order chi connectivity index (χ1) is 14.1. The molecule has 2 aromatic rings.